The Morgan fingerprint density at radius 3 is 2.43 bits per heavy atom. The van der Waals surface area contributed by atoms with Crippen LogP contribution in [0.3, 0.4) is 0 Å². The first-order chi connectivity index (χ1) is 10.0. The van der Waals surface area contributed by atoms with Gasteiger partial charge in [-0.15, -0.1) is 0 Å². The molecule has 0 radical (unpaired) electrons. The van der Waals surface area contributed by atoms with Crippen molar-refractivity contribution in [1.29, 1.82) is 0 Å². The van der Waals surface area contributed by atoms with E-state index in [2.05, 4.69) is 5.32 Å². The second kappa shape index (κ2) is 4.40. The van der Waals surface area contributed by atoms with Gasteiger partial charge in [0.1, 0.15) is 12.3 Å². The molecule has 2 aliphatic carbocycles. The van der Waals surface area contributed by atoms with Crippen LogP contribution in [-0.4, -0.2) is 32.5 Å². The third kappa shape index (κ3) is 2.18. The normalized spacial score (nSPS) is 36.9. The molecule has 4 bridgehead atoms. The van der Waals surface area contributed by atoms with E-state index in [1.807, 2.05) is 0 Å². The molecule has 21 heavy (non-hydrogen) atoms. The van der Waals surface area contributed by atoms with Gasteiger partial charge in [-0.05, 0) is 43.9 Å². The number of nitrogens with zero attached hydrogens (tertiary/aromatic N) is 1. The molecule has 4 aliphatic rings. The maximum absolute atomic E-state index is 12.3. The molecule has 5 rings (SSSR count). The summed E-state index contributed by atoms with van der Waals surface area (Å²) in [6.07, 6.45) is 5.55. The summed E-state index contributed by atoms with van der Waals surface area (Å²) in [6.45, 7) is -0.101. The topological polar surface area (TPSA) is 83.7 Å². The summed E-state index contributed by atoms with van der Waals surface area (Å²) in [7, 11) is 0. The zero-order chi connectivity index (χ0) is 14.6. The van der Waals surface area contributed by atoms with Gasteiger partial charge >= 0.3 is 0 Å². The van der Waals surface area contributed by atoms with Gasteiger partial charge in [-0.1, -0.05) is 0 Å². The number of nitrogens with one attached hydrogen (secondary N) is 1. The molecule has 1 aromatic heterocycles. The number of carbonyl (C=O) groups is 1. The van der Waals surface area contributed by atoms with Crippen LogP contribution >= 0.6 is 0 Å². The molecule has 1 amide bonds. The van der Waals surface area contributed by atoms with Crippen molar-refractivity contribution in [3.63, 3.8) is 0 Å². The van der Waals surface area contributed by atoms with Gasteiger partial charge in [0.05, 0.1) is 6.10 Å². The third-order valence-corrected chi connectivity index (χ3v) is 5.09. The van der Waals surface area contributed by atoms with Gasteiger partial charge in [0.25, 0.3) is 0 Å². The Hall–Kier alpha value is -1.69. The number of carbonyl (C=O) groups excluding carboxylic acids is 1. The largest absolute Gasteiger partial charge is 0.494 e. The van der Waals surface area contributed by atoms with E-state index in [0.29, 0.717) is 11.8 Å². The SMILES string of the molecule is O=C(Cn1c(O)ccc1O)NC12CC3CC(CC(C3)O1)C2. The Bertz CT molecular complexity index is 525. The molecule has 0 spiro atoms. The zero-order valence-electron chi connectivity index (χ0n) is 11.8. The van der Waals surface area contributed by atoms with Gasteiger partial charge in [0.15, 0.2) is 11.8 Å². The Kier molecular flexibility index (Phi) is 2.73. The Labute approximate surface area is 122 Å². The molecule has 2 saturated carbocycles. The lowest BCUT2D eigenvalue weighted by molar-refractivity contribution is -0.233. The van der Waals surface area contributed by atoms with Crippen LogP contribution in [0.4, 0.5) is 0 Å². The minimum atomic E-state index is -0.524. The number of hydrogen-bond donors (Lipinski definition) is 3. The number of hydrogen-bond acceptors (Lipinski definition) is 4. The first kappa shape index (κ1) is 13.0. The molecule has 2 saturated heterocycles. The van der Waals surface area contributed by atoms with Crippen LogP contribution in [-0.2, 0) is 16.1 Å². The number of aromatic hydroxyl groups is 2. The van der Waals surface area contributed by atoms with Crippen molar-refractivity contribution in [2.75, 3.05) is 0 Å². The van der Waals surface area contributed by atoms with Gasteiger partial charge < -0.3 is 20.3 Å². The molecule has 2 aliphatic heterocycles. The van der Waals surface area contributed by atoms with E-state index in [4.69, 9.17) is 4.74 Å². The van der Waals surface area contributed by atoms with E-state index in [9.17, 15) is 15.0 Å². The van der Waals surface area contributed by atoms with Crippen LogP contribution in [0.2, 0.25) is 0 Å². The maximum Gasteiger partial charge on any atom is 0.242 e. The third-order valence-electron chi connectivity index (χ3n) is 5.09. The van der Waals surface area contributed by atoms with Crippen LogP contribution in [0.15, 0.2) is 12.1 Å². The summed E-state index contributed by atoms with van der Waals surface area (Å²) in [5, 5.41) is 22.2. The van der Waals surface area contributed by atoms with E-state index < -0.39 is 5.72 Å². The predicted octanol–water partition coefficient (Wildman–Crippen LogP) is 1.32. The Morgan fingerprint density at radius 2 is 1.86 bits per heavy atom. The highest BCUT2D eigenvalue weighted by atomic mass is 16.5. The lowest BCUT2D eigenvalue weighted by atomic mass is 9.65. The van der Waals surface area contributed by atoms with Gasteiger partial charge in [0.2, 0.25) is 5.91 Å². The minimum Gasteiger partial charge on any atom is -0.494 e. The van der Waals surface area contributed by atoms with Crippen LogP contribution in [0.5, 0.6) is 11.8 Å². The summed E-state index contributed by atoms with van der Waals surface area (Å²) in [5.41, 5.74) is -0.524. The number of aromatic nitrogens is 1. The number of amides is 1. The molecule has 3 N–H and O–H groups in total. The molecule has 114 valence electrons. The second-order valence-corrected chi connectivity index (χ2v) is 6.77. The average molecular weight is 292 g/mol. The summed E-state index contributed by atoms with van der Waals surface area (Å²) >= 11 is 0. The standard InChI is InChI=1S/C15H20N2O4/c18-12(8-17-13(19)1-2-14(17)20)16-15-6-9-3-10(7-15)5-11(4-9)21-15/h1-2,9-11,19-20H,3-8H2,(H,16,18). The molecule has 0 aromatic carbocycles. The van der Waals surface area contributed by atoms with E-state index in [-0.39, 0.29) is 30.3 Å². The van der Waals surface area contributed by atoms with Crippen molar-refractivity contribution in [3.05, 3.63) is 12.1 Å². The lowest BCUT2D eigenvalue weighted by Gasteiger charge is -2.56. The fraction of sp³-hybridized carbons (Fsp3) is 0.667. The minimum absolute atomic E-state index is 0.101. The Balaban J connectivity index is 1.47. The van der Waals surface area contributed by atoms with E-state index >= 15 is 0 Å². The van der Waals surface area contributed by atoms with Gasteiger partial charge in [0, 0.05) is 12.1 Å². The maximum atomic E-state index is 12.3. The second-order valence-electron chi connectivity index (χ2n) is 6.77. The van der Waals surface area contributed by atoms with Crippen molar-refractivity contribution >= 4 is 5.91 Å². The molecule has 6 heteroatoms. The fourth-order valence-electron chi connectivity index (χ4n) is 4.54. The molecule has 3 heterocycles. The molecular weight excluding hydrogens is 272 g/mol. The van der Waals surface area contributed by atoms with Gasteiger partial charge in [-0.2, -0.15) is 0 Å². The first-order valence-electron chi connectivity index (χ1n) is 7.59. The van der Waals surface area contributed by atoms with Crippen molar-refractivity contribution in [2.24, 2.45) is 11.8 Å². The predicted molar refractivity (Wildman–Crippen MR) is 73.6 cm³/mol. The molecule has 1 aromatic rings. The molecule has 6 nitrogen and oxygen atoms in total. The first-order valence-corrected chi connectivity index (χ1v) is 7.59. The lowest BCUT2D eigenvalue weighted by Crippen LogP contribution is -2.63. The molecular formula is C15H20N2O4. The smallest absolute Gasteiger partial charge is 0.242 e. The van der Waals surface area contributed by atoms with Crippen LogP contribution in [0, 0.1) is 11.8 Å². The summed E-state index contributed by atoms with van der Waals surface area (Å²) in [4.78, 5) is 12.3. The molecule has 2 atom stereocenters. The van der Waals surface area contributed by atoms with Gasteiger partial charge in [-0.3, -0.25) is 9.36 Å². The fourth-order valence-corrected chi connectivity index (χ4v) is 4.54. The summed E-state index contributed by atoms with van der Waals surface area (Å²) in [5.74, 6) is 0.844. The molecule has 4 fully saturated rings. The van der Waals surface area contributed by atoms with Crippen LogP contribution in [0.1, 0.15) is 32.1 Å². The number of ether oxygens (including phenoxy) is 1. The summed E-state index contributed by atoms with van der Waals surface area (Å²) in [6, 6.07) is 2.73. The number of rotatable bonds is 3. The quantitative estimate of drug-likeness (QED) is 0.784. The highest BCUT2D eigenvalue weighted by Gasteiger charge is 2.52. The van der Waals surface area contributed by atoms with Crippen LogP contribution in [0.25, 0.3) is 0 Å². The highest BCUT2D eigenvalue weighted by molar-refractivity contribution is 5.77. The Morgan fingerprint density at radius 1 is 1.24 bits per heavy atom. The zero-order valence-corrected chi connectivity index (χ0v) is 11.8. The van der Waals surface area contributed by atoms with Crippen molar-refractivity contribution in [2.45, 2.75) is 50.5 Å². The average Bonchev–Trinajstić information content (AvgIpc) is 2.68. The van der Waals surface area contributed by atoms with Gasteiger partial charge in [-0.25, -0.2) is 0 Å². The van der Waals surface area contributed by atoms with Crippen LogP contribution < -0.4 is 5.32 Å². The summed E-state index contributed by atoms with van der Waals surface area (Å²) < 4.78 is 7.27. The van der Waals surface area contributed by atoms with Crippen molar-refractivity contribution in [1.82, 2.24) is 9.88 Å². The van der Waals surface area contributed by atoms with E-state index in [1.54, 1.807) is 0 Å². The monoisotopic (exact) mass is 292 g/mol. The van der Waals surface area contributed by atoms with E-state index in [1.165, 1.54) is 23.1 Å². The van der Waals surface area contributed by atoms with Crippen molar-refractivity contribution in [3.8, 4) is 11.8 Å². The molecule has 2 unspecified atom stereocenters. The highest BCUT2D eigenvalue weighted by Crippen LogP contribution is 2.51. The van der Waals surface area contributed by atoms with Crippen molar-refractivity contribution < 1.29 is 19.7 Å². The van der Waals surface area contributed by atoms with E-state index in [0.717, 1.165) is 25.7 Å².